The molecule has 0 unspecified atom stereocenters. The smallest absolute Gasteiger partial charge is 0.0714 e. The number of hydrogen-bond acceptors (Lipinski definition) is 1. The van der Waals surface area contributed by atoms with Crippen LogP contribution in [0.4, 0.5) is 17.1 Å². The van der Waals surface area contributed by atoms with Crippen molar-refractivity contribution in [1.29, 1.82) is 0 Å². The van der Waals surface area contributed by atoms with E-state index in [1.165, 1.54) is 88.7 Å². The monoisotopic (exact) mass is 803 g/mol. The summed E-state index contributed by atoms with van der Waals surface area (Å²) in [5, 5.41) is 2.59. The summed E-state index contributed by atoms with van der Waals surface area (Å²) in [6, 6.07) is 87.7. The van der Waals surface area contributed by atoms with Gasteiger partial charge >= 0.3 is 0 Å². The molecule has 0 atom stereocenters. The maximum absolute atomic E-state index is 2.48. The lowest BCUT2D eigenvalue weighted by Gasteiger charge is -2.35. The quantitative estimate of drug-likeness (QED) is 0.155. The van der Waals surface area contributed by atoms with Crippen LogP contribution in [0.2, 0.25) is 0 Å². The Bertz CT molecular complexity index is 3290. The average Bonchev–Trinajstić information content (AvgIpc) is 3.78. The molecule has 1 nitrogen and oxygen atoms in total. The van der Waals surface area contributed by atoms with E-state index in [4.69, 9.17) is 0 Å². The third kappa shape index (κ3) is 5.63. The second-order valence-corrected chi connectivity index (χ2v) is 17.6. The first-order chi connectivity index (χ1) is 31.0. The largest absolute Gasteiger partial charge is 0.310 e. The molecule has 10 aromatic rings. The van der Waals surface area contributed by atoms with Gasteiger partial charge in [-0.05, 0) is 131 Å². The molecule has 0 fully saturated rings. The third-order valence-corrected chi connectivity index (χ3v) is 13.9. The summed E-state index contributed by atoms with van der Waals surface area (Å²) in [6.45, 7) is 4.81. The van der Waals surface area contributed by atoms with Crippen LogP contribution in [0, 0.1) is 0 Å². The molecule has 0 spiro atoms. The van der Waals surface area contributed by atoms with Crippen molar-refractivity contribution >= 4 is 27.8 Å². The normalized spacial score (nSPS) is 13.8. The molecule has 0 amide bonds. The van der Waals surface area contributed by atoms with Crippen LogP contribution >= 0.6 is 0 Å². The molecule has 2 aliphatic carbocycles. The molecule has 298 valence electrons. The summed E-state index contributed by atoms with van der Waals surface area (Å²) in [5.41, 5.74) is 20.6. The van der Waals surface area contributed by atoms with E-state index in [0.717, 1.165) is 17.1 Å². The fourth-order valence-corrected chi connectivity index (χ4v) is 11.1. The number of anilines is 3. The van der Waals surface area contributed by atoms with Crippen molar-refractivity contribution in [2.24, 2.45) is 0 Å². The lowest BCUT2D eigenvalue weighted by atomic mass is 9.67. The molecular formula is C62H45N. The van der Waals surface area contributed by atoms with Crippen LogP contribution in [0.15, 0.2) is 237 Å². The molecule has 0 heterocycles. The summed E-state index contributed by atoms with van der Waals surface area (Å²) < 4.78 is 0. The Labute approximate surface area is 370 Å². The van der Waals surface area contributed by atoms with E-state index in [0.29, 0.717) is 0 Å². The van der Waals surface area contributed by atoms with E-state index < -0.39 is 5.41 Å². The number of fused-ring (bicyclic) bond motifs is 8. The van der Waals surface area contributed by atoms with Gasteiger partial charge in [0.1, 0.15) is 0 Å². The van der Waals surface area contributed by atoms with Crippen LogP contribution in [0.25, 0.3) is 55.3 Å². The zero-order valence-electron chi connectivity index (χ0n) is 35.5. The third-order valence-electron chi connectivity index (χ3n) is 13.9. The Morgan fingerprint density at radius 1 is 0.333 bits per heavy atom. The first-order valence-electron chi connectivity index (χ1n) is 22.1. The summed E-state index contributed by atoms with van der Waals surface area (Å²) in [7, 11) is 0. The highest BCUT2D eigenvalue weighted by Gasteiger charge is 2.46. The minimum Gasteiger partial charge on any atom is -0.310 e. The molecule has 2 aliphatic rings. The Morgan fingerprint density at radius 3 is 1.56 bits per heavy atom. The highest BCUT2D eigenvalue weighted by molar-refractivity contribution is 6.05. The minimum atomic E-state index is -0.514. The van der Waals surface area contributed by atoms with Gasteiger partial charge in [-0.25, -0.2) is 0 Å². The van der Waals surface area contributed by atoms with Gasteiger partial charge in [0.25, 0.3) is 0 Å². The lowest BCUT2D eigenvalue weighted by molar-refractivity contribution is 0.666. The number of nitrogens with zero attached hydrogens (tertiary/aromatic N) is 1. The SMILES string of the molecule is CC1(C)c2ccc(N(c3ccc(-c4ccccc4)cc3)c3ccc4c(c3)C(c3ccccc3)(c3ccccc3)c3ccccc3-4)cc2-c2c(-c3ccccc3)cc3ccccc3c21. The molecule has 0 aliphatic heterocycles. The van der Waals surface area contributed by atoms with Crippen LogP contribution < -0.4 is 4.90 Å². The molecule has 1 heteroatoms. The van der Waals surface area contributed by atoms with Gasteiger partial charge in [-0.1, -0.05) is 208 Å². The predicted molar refractivity (Wildman–Crippen MR) is 264 cm³/mol. The van der Waals surface area contributed by atoms with Gasteiger partial charge in [0.2, 0.25) is 0 Å². The molecule has 12 rings (SSSR count). The van der Waals surface area contributed by atoms with Gasteiger partial charge in [-0.3, -0.25) is 0 Å². The molecular weight excluding hydrogens is 759 g/mol. The fourth-order valence-electron chi connectivity index (χ4n) is 11.1. The van der Waals surface area contributed by atoms with E-state index in [2.05, 4.69) is 255 Å². The maximum Gasteiger partial charge on any atom is 0.0714 e. The van der Waals surface area contributed by atoms with Gasteiger partial charge in [-0.2, -0.15) is 0 Å². The van der Waals surface area contributed by atoms with E-state index in [1.54, 1.807) is 0 Å². The molecule has 0 aromatic heterocycles. The summed E-state index contributed by atoms with van der Waals surface area (Å²) >= 11 is 0. The van der Waals surface area contributed by atoms with E-state index in [-0.39, 0.29) is 5.41 Å². The van der Waals surface area contributed by atoms with E-state index in [1.807, 2.05) is 0 Å². The van der Waals surface area contributed by atoms with Gasteiger partial charge in [-0.15, -0.1) is 0 Å². The molecule has 0 saturated carbocycles. The Kier molecular flexibility index (Phi) is 8.49. The molecule has 10 aromatic carbocycles. The van der Waals surface area contributed by atoms with Crippen molar-refractivity contribution in [1.82, 2.24) is 0 Å². The molecule has 0 bridgehead atoms. The predicted octanol–water partition coefficient (Wildman–Crippen LogP) is 16.3. The number of rotatable bonds is 7. The molecule has 0 radical (unpaired) electrons. The maximum atomic E-state index is 2.48. The first kappa shape index (κ1) is 37.1. The van der Waals surface area contributed by atoms with Crippen LogP contribution in [0.3, 0.4) is 0 Å². The van der Waals surface area contributed by atoms with Crippen molar-refractivity contribution in [3.63, 3.8) is 0 Å². The Morgan fingerprint density at radius 2 is 0.857 bits per heavy atom. The summed E-state index contributed by atoms with van der Waals surface area (Å²) in [4.78, 5) is 2.48. The minimum absolute atomic E-state index is 0.208. The standard InChI is InChI=1S/C62H45N/c1-61(2)56-38-36-49(40-55(56)59-54(44-21-9-4-10-22-44)39-45-23-15-16-28-51(45)60(59)61)63(48-33-31-43(32-34-48)42-19-7-3-8-20-42)50-35-37-53-52-29-17-18-30-57(52)62(58(53)41-50,46-24-11-5-12-25-46)47-26-13-6-14-27-47/h3-41H,1-2H3. The van der Waals surface area contributed by atoms with Gasteiger partial charge in [0, 0.05) is 22.5 Å². The Balaban J connectivity index is 1.12. The molecule has 0 N–H and O–H groups in total. The van der Waals surface area contributed by atoms with Gasteiger partial charge in [0.05, 0.1) is 5.41 Å². The first-order valence-corrected chi connectivity index (χ1v) is 22.1. The zero-order chi connectivity index (χ0) is 42.1. The van der Waals surface area contributed by atoms with Gasteiger partial charge in [0.15, 0.2) is 0 Å². The van der Waals surface area contributed by atoms with Crippen molar-refractivity contribution < 1.29 is 0 Å². The highest BCUT2D eigenvalue weighted by atomic mass is 15.1. The van der Waals surface area contributed by atoms with Crippen molar-refractivity contribution in [3.05, 3.63) is 270 Å². The average molecular weight is 804 g/mol. The Hall–Kier alpha value is -7.74. The summed E-state index contributed by atoms with van der Waals surface area (Å²) in [5.74, 6) is 0. The summed E-state index contributed by atoms with van der Waals surface area (Å²) in [6.07, 6.45) is 0. The topological polar surface area (TPSA) is 3.24 Å². The highest BCUT2D eigenvalue weighted by Crippen LogP contribution is 2.59. The zero-order valence-corrected chi connectivity index (χ0v) is 35.5. The second kappa shape index (κ2) is 14.4. The molecule has 63 heavy (non-hydrogen) atoms. The number of hydrogen-bond donors (Lipinski definition) is 0. The van der Waals surface area contributed by atoms with Crippen LogP contribution in [-0.4, -0.2) is 0 Å². The lowest BCUT2D eigenvalue weighted by Crippen LogP contribution is -2.28. The van der Waals surface area contributed by atoms with E-state index in [9.17, 15) is 0 Å². The van der Waals surface area contributed by atoms with Crippen molar-refractivity contribution in [3.8, 4) is 44.5 Å². The van der Waals surface area contributed by atoms with Crippen LogP contribution in [0.1, 0.15) is 47.2 Å². The van der Waals surface area contributed by atoms with Crippen molar-refractivity contribution in [2.45, 2.75) is 24.7 Å². The van der Waals surface area contributed by atoms with Gasteiger partial charge < -0.3 is 4.90 Å². The van der Waals surface area contributed by atoms with Crippen LogP contribution in [0.5, 0.6) is 0 Å². The number of benzene rings is 10. The van der Waals surface area contributed by atoms with Crippen molar-refractivity contribution in [2.75, 3.05) is 4.90 Å². The fraction of sp³-hybridized carbons (Fsp3) is 0.0645. The van der Waals surface area contributed by atoms with E-state index >= 15 is 0 Å². The molecule has 0 saturated heterocycles. The second-order valence-electron chi connectivity index (χ2n) is 17.6. The van der Waals surface area contributed by atoms with Crippen LogP contribution in [-0.2, 0) is 10.8 Å².